The maximum Gasteiger partial charge on any atom is 0.234 e. The van der Waals surface area contributed by atoms with E-state index in [-0.39, 0.29) is 18.0 Å². The predicted octanol–water partition coefficient (Wildman–Crippen LogP) is 1.73. The van der Waals surface area contributed by atoms with Gasteiger partial charge in [-0.25, -0.2) is 0 Å². The zero-order valence-electron chi connectivity index (χ0n) is 13.0. The summed E-state index contributed by atoms with van der Waals surface area (Å²) < 4.78 is 1.92. The second-order valence-corrected chi connectivity index (χ2v) is 6.66. The van der Waals surface area contributed by atoms with Crippen LogP contribution in [-0.2, 0) is 4.79 Å². The van der Waals surface area contributed by atoms with Crippen molar-refractivity contribution in [3.63, 3.8) is 0 Å². The molecule has 0 aromatic carbocycles. The Labute approximate surface area is 126 Å². The number of aromatic nitrogens is 2. The van der Waals surface area contributed by atoms with E-state index in [0.29, 0.717) is 12.6 Å². The van der Waals surface area contributed by atoms with Crippen LogP contribution in [0.5, 0.6) is 0 Å². The molecular weight excluding hydrogens is 264 g/mol. The van der Waals surface area contributed by atoms with E-state index >= 15 is 0 Å². The monoisotopic (exact) mass is 290 g/mol. The molecule has 3 rings (SSSR count). The van der Waals surface area contributed by atoms with E-state index in [1.165, 1.54) is 25.7 Å². The Kier molecular flexibility index (Phi) is 4.29. The molecule has 116 valence electrons. The van der Waals surface area contributed by atoms with Gasteiger partial charge in [0.1, 0.15) is 0 Å². The normalized spacial score (nSPS) is 21.3. The van der Waals surface area contributed by atoms with Gasteiger partial charge in [0.05, 0.1) is 12.6 Å². The Hall–Kier alpha value is -1.36. The number of nitrogens with one attached hydrogen (secondary N) is 2. The average molecular weight is 290 g/mol. The smallest absolute Gasteiger partial charge is 0.234 e. The SMILES string of the molecule is C[C@@H](NCC(=O)NC(C1CC1)C1CC1)[C@H](C)n1cccn1. The number of hydrogen-bond acceptors (Lipinski definition) is 3. The van der Waals surface area contributed by atoms with E-state index in [1.807, 2.05) is 16.9 Å². The van der Waals surface area contributed by atoms with Gasteiger partial charge in [-0.3, -0.25) is 9.48 Å². The number of hydrogen-bond donors (Lipinski definition) is 2. The summed E-state index contributed by atoms with van der Waals surface area (Å²) in [6.07, 6.45) is 8.91. The zero-order chi connectivity index (χ0) is 14.8. The maximum atomic E-state index is 12.1. The molecule has 1 heterocycles. The van der Waals surface area contributed by atoms with Crippen molar-refractivity contribution >= 4 is 5.91 Å². The summed E-state index contributed by atoms with van der Waals surface area (Å²) in [5, 5.41) is 10.8. The summed E-state index contributed by atoms with van der Waals surface area (Å²) in [7, 11) is 0. The fourth-order valence-electron chi connectivity index (χ4n) is 2.94. The molecule has 0 saturated heterocycles. The van der Waals surface area contributed by atoms with Crippen molar-refractivity contribution in [2.75, 3.05) is 6.54 Å². The van der Waals surface area contributed by atoms with Crippen LogP contribution in [0, 0.1) is 11.8 Å². The van der Waals surface area contributed by atoms with E-state index < -0.39 is 0 Å². The molecule has 2 atom stereocenters. The average Bonchev–Trinajstić information content (AvgIpc) is 3.41. The Bertz CT molecular complexity index is 453. The third-order valence-corrected chi connectivity index (χ3v) is 4.84. The molecule has 0 bridgehead atoms. The molecule has 5 nitrogen and oxygen atoms in total. The van der Waals surface area contributed by atoms with Gasteiger partial charge in [0.2, 0.25) is 5.91 Å². The summed E-state index contributed by atoms with van der Waals surface area (Å²) in [6.45, 7) is 4.60. The Morgan fingerprint density at radius 3 is 2.48 bits per heavy atom. The number of amides is 1. The highest BCUT2D eigenvalue weighted by Crippen LogP contribution is 2.44. The van der Waals surface area contributed by atoms with Crippen LogP contribution in [0.4, 0.5) is 0 Å². The number of nitrogens with zero attached hydrogens (tertiary/aromatic N) is 2. The van der Waals surface area contributed by atoms with Crippen LogP contribution in [0.15, 0.2) is 18.5 Å². The highest BCUT2D eigenvalue weighted by molar-refractivity contribution is 5.78. The summed E-state index contributed by atoms with van der Waals surface area (Å²) in [4.78, 5) is 12.1. The molecule has 5 heteroatoms. The van der Waals surface area contributed by atoms with Gasteiger partial charge in [-0.05, 0) is 57.4 Å². The molecule has 0 unspecified atom stereocenters. The molecule has 2 N–H and O–H groups in total. The quantitative estimate of drug-likeness (QED) is 0.766. The maximum absolute atomic E-state index is 12.1. The molecule has 21 heavy (non-hydrogen) atoms. The number of rotatable bonds is 8. The second kappa shape index (κ2) is 6.18. The zero-order valence-corrected chi connectivity index (χ0v) is 13.0. The summed E-state index contributed by atoms with van der Waals surface area (Å²) in [6, 6.07) is 2.80. The molecular formula is C16H26N4O. The molecule has 1 aromatic heterocycles. The molecule has 2 fully saturated rings. The van der Waals surface area contributed by atoms with Crippen molar-refractivity contribution in [3.05, 3.63) is 18.5 Å². The lowest BCUT2D eigenvalue weighted by Gasteiger charge is -2.23. The first-order valence-electron chi connectivity index (χ1n) is 8.17. The van der Waals surface area contributed by atoms with Crippen LogP contribution in [0.3, 0.4) is 0 Å². The van der Waals surface area contributed by atoms with Crippen molar-refractivity contribution in [2.24, 2.45) is 11.8 Å². The first-order chi connectivity index (χ1) is 10.1. The van der Waals surface area contributed by atoms with Gasteiger partial charge in [0.25, 0.3) is 0 Å². The molecule has 0 spiro atoms. The van der Waals surface area contributed by atoms with Gasteiger partial charge in [0, 0.05) is 24.5 Å². The third kappa shape index (κ3) is 3.84. The molecule has 1 aromatic rings. The van der Waals surface area contributed by atoms with Crippen molar-refractivity contribution < 1.29 is 4.79 Å². The van der Waals surface area contributed by atoms with Crippen molar-refractivity contribution in [1.29, 1.82) is 0 Å². The highest BCUT2D eigenvalue weighted by atomic mass is 16.2. The van der Waals surface area contributed by atoms with Gasteiger partial charge >= 0.3 is 0 Å². The van der Waals surface area contributed by atoms with Gasteiger partial charge in [-0.15, -0.1) is 0 Å². The minimum absolute atomic E-state index is 0.137. The standard InChI is InChI=1S/C16H26N4O/c1-11(12(2)20-9-3-8-18-20)17-10-15(21)19-16(13-4-5-13)14-6-7-14/h3,8-9,11-14,16-17H,4-7,10H2,1-2H3,(H,19,21)/t11-,12+/m1/s1. The van der Waals surface area contributed by atoms with Crippen molar-refractivity contribution in [2.45, 2.75) is 57.7 Å². The molecule has 1 amide bonds. The van der Waals surface area contributed by atoms with Crippen molar-refractivity contribution in [1.82, 2.24) is 20.4 Å². The minimum Gasteiger partial charge on any atom is -0.352 e. The summed E-state index contributed by atoms with van der Waals surface area (Å²) in [5.41, 5.74) is 0. The molecule has 0 radical (unpaired) electrons. The van der Waals surface area contributed by atoms with E-state index in [1.54, 1.807) is 6.20 Å². The third-order valence-electron chi connectivity index (χ3n) is 4.84. The van der Waals surface area contributed by atoms with Crippen LogP contribution in [0.2, 0.25) is 0 Å². The molecule has 2 aliphatic rings. The second-order valence-electron chi connectivity index (χ2n) is 6.66. The first-order valence-corrected chi connectivity index (χ1v) is 8.17. The lowest BCUT2D eigenvalue weighted by Crippen LogP contribution is -2.45. The van der Waals surface area contributed by atoms with E-state index in [0.717, 1.165) is 11.8 Å². The van der Waals surface area contributed by atoms with E-state index in [9.17, 15) is 4.79 Å². The summed E-state index contributed by atoms with van der Waals surface area (Å²) in [5.74, 6) is 1.64. The number of carbonyl (C=O) groups is 1. The van der Waals surface area contributed by atoms with Gasteiger partial charge in [-0.2, -0.15) is 5.10 Å². The van der Waals surface area contributed by atoms with Gasteiger partial charge in [0.15, 0.2) is 0 Å². The van der Waals surface area contributed by atoms with Crippen LogP contribution >= 0.6 is 0 Å². The van der Waals surface area contributed by atoms with Gasteiger partial charge < -0.3 is 10.6 Å². The molecule has 2 saturated carbocycles. The molecule has 2 aliphatic carbocycles. The first kappa shape index (κ1) is 14.6. The van der Waals surface area contributed by atoms with Crippen LogP contribution in [0.25, 0.3) is 0 Å². The van der Waals surface area contributed by atoms with Gasteiger partial charge in [-0.1, -0.05) is 0 Å². The lowest BCUT2D eigenvalue weighted by molar-refractivity contribution is -0.121. The fourth-order valence-corrected chi connectivity index (χ4v) is 2.94. The minimum atomic E-state index is 0.137. The lowest BCUT2D eigenvalue weighted by atomic mass is 10.1. The van der Waals surface area contributed by atoms with Crippen molar-refractivity contribution in [3.8, 4) is 0 Å². The number of carbonyl (C=O) groups excluding carboxylic acids is 1. The van der Waals surface area contributed by atoms with E-state index in [4.69, 9.17) is 0 Å². The highest BCUT2D eigenvalue weighted by Gasteiger charge is 2.42. The Morgan fingerprint density at radius 1 is 1.29 bits per heavy atom. The van der Waals surface area contributed by atoms with Crippen LogP contribution in [-0.4, -0.2) is 34.3 Å². The van der Waals surface area contributed by atoms with Crippen LogP contribution in [0.1, 0.15) is 45.6 Å². The summed E-state index contributed by atoms with van der Waals surface area (Å²) >= 11 is 0. The fraction of sp³-hybridized carbons (Fsp3) is 0.750. The molecule has 0 aliphatic heterocycles. The largest absolute Gasteiger partial charge is 0.352 e. The topological polar surface area (TPSA) is 59.0 Å². The van der Waals surface area contributed by atoms with Crippen LogP contribution < -0.4 is 10.6 Å². The predicted molar refractivity (Wildman–Crippen MR) is 81.8 cm³/mol. The van der Waals surface area contributed by atoms with E-state index in [2.05, 4.69) is 29.6 Å². The Balaban J connectivity index is 1.42. The Morgan fingerprint density at radius 2 is 1.95 bits per heavy atom.